The van der Waals surface area contributed by atoms with Crippen LogP contribution in [0, 0.1) is 30.9 Å². The van der Waals surface area contributed by atoms with Gasteiger partial charge in [-0.1, -0.05) is 18.2 Å². The fraction of sp³-hybridized carbons (Fsp3) is 0.174. The Morgan fingerprint density at radius 1 is 1.10 bits per heavy atom. The second-order valence-electron chi connectivity index (χ2n) is 7.45. The van der Waals surface area contributed by atoms with Crippen LogP contribution in [0.3, 0.4) is 0 Å². The van der Waals surface area contributed by atoms with Crippen LogP contribution in [-0.2, 0) is 7.05 Å². The van der Waals surface area contributed by atoms with E-state index in [1.54, 1.807) is 23.7 Å². The standard InChI is InChI=1S/C23H21N5O3/c1-13-11-16(28(30)31)9-10-19(13)25-23(29)18-12-21(22-14(2)26-27(4)15(22)3)24-20-8-6-5-7-17(18)20/h5-12H,1-4H3,(H,25,29). The maximum Gasteiger partial charge on any atom is 0.269 e. The molecule has 0 unspecified atom stereocenters. The molecule has 0 aliphatic carbocycles. The van der Waals surface area contributed by atoms with Gasteiger partial charge in [-0.05, 0) is 44.5 Å². The van der Waals surface area contributed by atoms with Gasteiger partial charge in [0.2, 0.25) is 0 Å². The van der Waals surface area contributed by atoms with Crippen molar-refractivity contribution in [1.29, 1.82) is 0 Å². The number of anilines is 1. The number of hydrogen-bond donors (Lipinski definition) is 1. The van der Waals surface area contributed by atoms with Crippen LogP contribution >= 0.6 is 0 Å². The Morgan fingerprint density at radius 3 is 2.48 bits per heavy atom. The van der Waals surface area contributed by atoms with Crippen molar-refractivity contribution in [3.8, 4) is 11.3 Å². The molecule has 0 bridgehead atoms. The van der Waals surface area contributed by atoms with E-state index in [0.717, 1.165) is 22.3 Å². The highest BCUT2D eigenvalue weighted by molar-refractivity contribution is 6.13. The van der Waals surface area contributed by atoms with E-state index in [4.69, 9.17) is 4.98 Å². The number of hydrogen-bond acceptors (Lipinski definition) is 5. The Labute approximate surface area is 178 Å². The van der Waals surface area contributed by atoms with Gasteiger partial charge in [0.25, 0.3) is 11.6 Å². The minimum Gasteiger partial charge on any atom is -0.322 e. The van der Waals surface area contributed by atoms with Gasteiger partial charge in [-0.15, -0.1) is 0 Å². The van der Waals surface area contributed by atoms with Crippen LogP contribution < -0.4 is 5.32 Å². The van der Waals surface area contributed by atoms with Crippen molar-refractivity contribution < 1.29 is 9.72 Å². The van der Waals surface area contributed by atoms with E-state index in [1.807, 2.05) is 45.2 Å². The molecule has 0 saturated carbocycles. The van der Waals surface area contributed by atoms with Gasteiger partial charge in [0.05, 0.1) is 27.4 Å². The molecule has 4 rings (SSSR count). The molecule has 8 nitrogen and oxygen atoms in total. The third-order valence-electron chi connectivity index (χ3n) is 5.39. The highest BCUT2D eigenvalue weighted by Gasteiger charge is 2.19. The van der Waals surface area contributed by atoms with Crippen molar-refractivity contribution in [2.24, 2.45) is 7.05 Å². The van der Waals surface area contributed by atoms with Gasteiger partial charge >= 0.3 is 0 Å². The number of pyridine rings is 1. The van der Waals surface area contributed by atoms with Crippen LogP contribution in [0.25, 0.3) is 22.2 Å². The van der Waals surface area contributed by atoms with Gasteiger partial charge in [0, 0.05) is 41.5 Å². The summed E-state index contributed by atoms with van der Waals surface area (Å²) in [6.07, 6.45) is 0. The summed E-state index contributed by atoms with van der Waals surface area (Å²) < 4.78 is 1.79. The van der Waals surface area contributed by atoms with Crippen LogP contribution in [0.15, 0.2) is 48.5 Å². The molecule has 0 saturated heterocycles. The van der Waals surface area contributed by atoms with Crippen LogP contribution in [0.1, 0.15) is 27.3 Å². The first-order chi connectivity index (χ1) is 14.8. The number of nitro benzene ring substituents is 1. The molecular formula is C23H21N5O3. The van der Waals surface area contributed by atoms with Gasteiger partial charge in [0.1, 0.15) is 0 Å². The fourth-order valence-electron chi connectivity index (χ4n) is 3.73. The van der Waals surface area contributed by atoms with E-state index in [2.05, 4.69) is 10.4 Å². The number of non-ortho nitro benzene ring substituents is 1. The topological polar surface area (TPSA) is 103 Å². The molecule has 2 heterocycles. The fourth-order valence-corrected chi connectivity index (χ4v) is 3.73. The van der Waals surface area contributed by atoms with Crippen molar-refractivity contribution in [3.63, 3.8) is 0 Å². The number of amides is 1. The molecule has 31 heavy (non-hydrogen) atoms. The van der Waals surface area contributed by atoms with E-state index >= 15 is 0 Å². The molecule has 2 aromatic carbocycles. The summed E-state index contributed by atoms with van der Waals surface area (Å²) in [6, 6.07) is 13.6. The summed E-state index contributed by atoms with van der Waals surface area (Å²) in [5, 5.41) is 19.1. The largest absolute Gasteiger partial charge is 0.322 e. The Kier molecular flexibility index (Phi) is 4.98. The van der Waals surface area contributed by atoms with E-state index < -0.39 is 4.92 Å². The molecule has 0 aliphatic heterocycles. The maximum absolute atomic E-state index is 13.3. The lowest BCUT2D eigenvalue weighted by Crippen LogP contribution is -2.14. The van der Waals surface area contributed by atoms with Gasteiger partial charge in [0.15, 0.2) is 0 Å². The number of nitrogens with zero attached hydrogens (tertiary/aromatic N) is 4. The minimum atomic E-state index is -0.459. The van der Waals surface area contributed by atoms with E-state index in [-0.39, 0.29) is 11.6 Å². The van der Waals surface area contributed by atoms with E-state index in [0.29, 0.717) is 28.0 Å². The SMILES string of the molecule is Cc1cc([N+](=O)[O-])ccc1NC(=O)c1cc(-c2c(C)nn(C)c2C)nc2ccccc12. The molecule has 1 N–H and O–H groups in total. The van der Waals surface area contributed by atoms with Crippen molar-refractivity contribution in [3.05, 3.63) is 81.2 Å². The maximum atomic E-state index is 13.3. The van der Waals surface area contributed by atoms with Gasteiger partial charge in [-0.3, -0.25) is 19.6 Å². The van der Waals surface area contributed by atoms with Crippen molar-refractivity contribution in [1.82, 2.24) is 14.8 Å². The summed E-state index contributed by atoms with van der Waals surface area (Å²) in [7, 11) is 1.87. The second-order valence-corrected chi connectivity index (χ2v) is 7.45. The lowest BCUT2D eigenvalue weighted by Gasteiger charge is -2.12. The van der Waals surface area contributed by atoms with Crippen LogP contribution in [0.4, 0.5) is 11.4 Å². The monoisotopic (exact) mass is 415 g/mol. The van der Waals surface area contributed by atoms with Crippen LogP contribution in [0.2, 0.25) is 0 Å². The lowest BCUT2D eigenvalue weighted by molar-refractivity contribution is -0.384. The number of carbonyl (C=O) groups is 1. The zero-order valence-electron chi connectivity index (χ0n) is 17.6. The minimum absolute atomic E-state index is 0.0188. The van der Waals surface area contributed by atoms with Crippen LogP contribution in [0.5, 0.6) is 0 Å². The lowest BCUT2D eigenvalue weighted by atomic mass is 10.0. The first kappa shape index (κ1) is 20.2. The van der Waals surface area contributed by atoms with Gasteiger partial charge in [-0.25, -0.2) is 4.98 Å². The summed E-state index contributed by atoms with van der Waals surface area (Å²) >= 11 is 0. The molecule has 0 fully saturated rings. The Bertz CT molecular complexity index is 1360. The highest BCUT2D eigenvalue weighted by atomic mass is 16.6. The molecule has 1 amide bonds. The Morgan fingerprint density at radius 2 is 1.84 bits per heavy atom. The number of aryl methyl sites for hydroxylation is 3. The van der Waals surface area contributed by atoms with Crippen molar-refractivity contribution >= 4 is 28.2 Å². The summed E-state index contributed by atoms with van der Waals surface area (Å²) in [4.78, 5) is 28.6. The predicted molar refractivity (Wildman–Crippen MR) is 119 cm³/mol. The molecule has 0 radical (unpaired) electrons. The molecule has 156 valence electrons. The van der Waals surface area contributed by atoms with E-state index in [9.17, 15) is 14.9 Å². The summed E-state index contributed by atoms with van der Waals surface area (Å²) in [5.41, 5.74) is 5.65. The first-order valence-corrected chi connectivity index (χ1v) is 9.73. The molecular weight excluding hydrogens is 394 g/mol. The molecule has 0 aliphatic rings. The van der Waals surface area contributed by atoms with Gasteiger partial charge < -0.3 is 5.32 Å². The highest BCUT2D eigenvalue weighted by Crippen LogP contribution is 2.30. The summed E-state index contributed by atoms with van der Waals surface area (Å²) in [6.45, 7) is 5.60. The number of fused-ring (bicyclic) bond motifs is 1. The quantitative estimate of drug-likeness (QED) is 0.384. The predicted octanol–water partition coefficient (Wildman–Crippen LogP) is 4.72. The zero-order chi connectivity index (χ0) is 22.3. The molecule has 2 aromatic heterocycles. The number of carbonyl (C=O) groups excluding carboxylic acids is 1. The average molecular weight is 415 g/mol. The zero-order valence-corrected chi connectivity index (χ0v) is 17.6. The van der Waals surface area contributed by atoms with Crippen molar-refractivity contribution in [2.45, 2.75) is 20.8 Å². The Balaban J connectivity index is 1.81. The third-order valence-corrected chi connectivity index (χ3v) is 5.39. The Hall–Kier alpha value is -4.07. The number of nitrogens with one attached hydrogen (secondary N) is 1. The molecule has 0 spiro atoms. The number of para-hydroxylation sites is 1. The molecule has 8 heteroatoms. The number of nitro groups is 1. The van der Waals surface area contributed by atoms with Gasteiger partial charge in [-0.2, -0.15) is 5.10 Å². The van der Waals surface area contributed by atoms with Crippen molar-refractivity contribution in [2.75, 3.05) is 5.32 Å². The normalized spacial score (nSPS) is 11.0. The number of rotatable bonds is 4. The number of aromatic nitrogens is 3. The van der Waals surface area contributed by atoms with E-state index in [1.165, 1.54) is 12.1 Å². The number of benzene rings is 2. The molecule has 0 atom stereocenters. The molecule has 4 aromatic rings. The summed E-state index contributed by atoms with van der Waals surface area (Å²) in [5.74, 6) is -0.309. The second kappa shape index (κ2) is 7.64. The first-order valence-electron chi connectivity index (χ1n) is 9.73. The smallest absolute Gasteiger partial charge is 0.269 e. The third kappa shape index (κ3) is 3.63. The average Bonchev–Trinajstić information content (AvgIpc) is 2.99. The van der Waals surface area contributed by atoms with Crippen LogP contribution in [-0.4, -0.2) is 25.6 Å².